The summed E-state index contributed by atoms with van der Waals surface area (Å²) in [4.78, 5) is 7.18. The summed E-state index contributed by atoms with van der Waals surface area (Å²) in [6.07, 6.45) is 1.71. The highest BCUT2D eigenvalue weighted by molar-refractivity contribution is 14.0. The predicted molar refractivity (Wildman–Crippen MR) is 135 cm³/mol. The summed E-state index contributed by atoms with van der Waals surface area (Å²) in [5.74, 6) is 1.76. The molecule has 0 bridgehead atoms. The lowest BCUT2D eigenvalue weighted by Crippen LogP contribution is -2.37. The molecule has 168 valence electrons. The number of benzene rings is 1. The zero-order valence-electron chi connectivity index (χ0n) is 19.3. The number of aromatic nitrogens is 1. The van der Waals surface area contributed by atoms with Crippen LogP contribution < -0.4 is 10.6 Å². The van der Waals surface area contributed by atoms with Gasteiger partial charge < -0.3 is 15.2 Å². The van der Waals surface area contributed by atoms with Crippen LogP contribution in [0.4, 0.5) is 0 Å². The summed E-state index contributed by atoms with van der Waals surface area (Å²) in [6, 6.07) is 9.06. The van der Waals surface area contributed by atoms with Gasteiger partial charge in [-0.3, -0.25) is 4.90 Å². The molecule has 0 radical (unpaired) electrons. The van der Waals surface area contributed by atoms with Crippen LogP contribution in [0.15, 0.2) is 33.8 Å². The number of aliphatic imine (C=N–C) groups is 1. The first-order chi connectivity index (χ1) is 14.0. The van der Waals surface area contributed by atoms with E-state index in [1.807, 2.05) is 0 Å². The summed E-state index contributed by atoms with van der Waals surface area (Å²) in [5, 5.41) is 11.0. The van der Waals surface area contributed by atoms with Gasteiger partial charge in [0.2, 0.25) is 0 Å². The molecule has 0 amide bonds. The Labute approximate surface area is 198 Å². The highest BCUT2D eigenvalue weighted by Crippen LogP contribution is 2.16. The van der Waals surface area contributed by atoms with Crippen molar-refractivity contribution in [1.82, 2.24) is 20.7 Å². The minimum Gasteiger partial charge on any atom is -0.361 e. The first-order valence-electron chi connectivity index (χ1n) is 10.8. The van der Waals surface area contributed by atoms with Crippen molar-refractivity contribution >= 4 is 29.9 Å². The zero-order valence-corrected chi connectivity index (χ0v) is 21.6. The molecule has 30 heavy (non-hydrogen) atoms. The van der Waals surface area contributed by atoms with Crippen molar-refractivity contribution in [1.29, 1.82) is 0 Å². The Morgan fingerprint density at radius 1 is 1.10 bits per heavy atom. The van der Waals surface area contributed by atoms with E-state index in [1.54, 1.807) is 0 Å². The standard InChI is InChI=1S/C23H37N5O.HI/c1-7-21-20(22(8-2)29-27-21)15-26-23(24-9-3)25-14-18-12-10-11-13-19(18)16-28(6)17(4)5;/h10-13,17H,7-9,14-16H2,1-6H3,(H2,24,25,26);1H. The average molecular weight is 527 g/mol. The van der Waals surface area contributed by atoms with Crippen LogP contribution in [0.2, 0.25) is 0 Å². The van der Waals surface area contributed by atoms with E-state index in [0.717, 1.165) is 48.9 Å². The SMILES string of the molecule is CCNC(=NCc1ccccc1CN(C)C(C)C)NCc1c(CC)noc1CC.I. The summed E-state index contributed by atoms with van der Waals surface area (Å²) in [6.45, 7) is 13.8. The van der Waals surface area contributed by atoms with Crippen LogP contribution in [0.3, 0.4) is 0 Å². The summed E-state index contributed by atoms with van der Waals surface area (Å²) >= 11 is 0. The van der Waals surface area contributed by atoms with E-state index in [1.165, 1.54) is 11.1 Å². The van der Waals surface area contributed by atoms with E-state index < -0.39 is 0 Å². The Balaban J connectivity index is 0.00000450. The number of aryl methyl sites for hydroxylation is 2. The smallest absolute Gasteiger partial charge is 0.191 e. The second-order valence-electron chi connectivity index (χ2n) is 7.56. The average Bonchev–Trinajstić information content (AvgIpc) is 3.12. The number of hydrogen-bond donors (Lipinski definition) is 2. The van der Waals surface area contributed by atoms with E-state index in [9.17, 15) is 0 Å². The van der Waals surface area contributed by atoms with Crippen LogP contribution >= 0.6 is 24.0 Å². The molecule has 1 aromatic heterocycles. The Morgan fingerprint density at radius 2 is 1.80 bits per heavy atom. The van der Waals surface area contributed by atoms with E-state index >= 15 is 0 Å². The molecular formula is C23H38IN5O. The zero-order chi connectivity index (χ0) is 21.2. The third kappa shape index (κ3) is 7.58. The van der Waals surface area contributed by atoms with Gasteiger partial charge in [0.05, 0.1) is 12.2 Å². The van der Waals surface area contributed by atoms with Crippen molar-refractivity contribution < 1.29 is 4.52 Å². The second kappa shape index (κ2) is 13.6. The topological polar surface area (TPSA) is 65.7 Å². The highest BCUT2D eigenvalue weighted by Gasteiger charge is 2.14. The lowest BCUT2D eigenvalue weighted by molar-refractivity contribution is 0.265. The van der Waals surface area contributed by atoms with Gasteiger partial charge in [0.15, 0.2) is 5.96 Å². The monoisotopic (exact) mass is 527 g/mol. The van der Waals surface area contributed by atoms with Crippen molar-refractivity contribution in [3.05, 3.63) is 52.4 Å². The van der Waals surface area contributed by atoms with Gasteiger partial charge >= 0.3 is 0 Å². The van der Waals surface area contributed by atoms with Crippen LogP contribution in [-0.2, 0) is 32.5 Å². The van der Waals surface area contributed by atoms with Gasteiger partial charge in [-0.15, -0.1) is 24.0 Å². The molecule has 7 heteroatoms. The van der Waals surface area contributed by atoms with Gasteiger partial charge in [-0.1, -0.05) is 43.3 Å². The highest BCUT2D eigenvalue weighted by atomic mass is 127. The van der Waals surface area contributed by atoms with Crippen molar-refractivity contribution in [2.45, 2.75) is 73.1 Å². The molecule has 0 fully saturated rings. The van der Waals surface area contributed by atoms with Gasteiger partial charge in [-0.25, -0.2) is 4.99 Å². The number of guanidine groups is 1. The van der Waals surface area contributed by atoms with Gasteiger partial charge in [-0.2, -0.15) is 0 Å². The van der Waals surface area contributed by atoms with E-state index in [2.05, 4.69) is 86.6 Å². The first kappa shape index (κ1) is 26.4. The normalized spacial score (nSPS) is 11.7. The van der Waals surface area contributed by atoms with Crippen LogP contribution in [0.25, 0.3) is 0 Å². The van der Waals surface area contributed by atoms with Crippen LogP contribution in [-0.4, -0.2) is 35.7 Å². The Hall–Kier alpha value is -1.61. The maximum Gasteiger partial charge on any atom is 0.191 e. The summed E-state index contributed by atoms with van der Waals surface area (Å²) in [5.41, 5.74) is 4.75. The lowest BCUT2D eigenvalue weighted by atomic mass is 10.1. The molecular weight excluding hydrogens is 489 g/mol. The van der Waals surface area contributed by atoms with Crippen molar-refractivity contribution in [3.8, 4) is 0 Å². The van der Waals surface area contributed by atoms with E-state index in [4.69, 9.17) is 9.52 Å². The fourth-order valence-corrected chi connectivity index (χ4v) is 3.13. The Morgan fingerprint density at radius 3 is 2.40 bits per heavy atom. The minimum absolute atomic E-state index is 0. The molecule has 0 aliphatic rings. The van der Waals surface area contributed by atoms with Crippen molar-refractivity contribution in [2.24, 2.45) is 4.99 Å². The van der Waals surface area contributed by atoms with Crippen LogP contribution in [0.5, 0.6) is 0 Å². The molecule has 0 atom stereocenters. The minimum atomic E-state index is 0. The molecule has 0 aliphatic carbocycles. The Bertz CT molecular complexity index is 766. The number of halogens is 1. The fourth-order valence-electron chi connectivity index (χ4n) is 3.13. The predicted octanol–water partition coefficient (Wildman–Crippen LogP) is 4.51. The molecule has 2 aromatic rings. The van der Waals surface area contributed by atoms with Gasteiger partial charge in [0.25, 0.3) is 0 Å². The van der Waals surface area contributed by atoms with Crippen LogP contribution in [0, 0.1) is 0 Å². The third-order valence-corrected chi connectivity index (χ3v) is 5.21. The molecule has 0 spiro atoms. The maximum absolute atomic E-state index is 5.47. The van der Waals surface area contributed by atoms with Crippen LogP contribution in [0.1, 0.15) is 62.8 Å². The number of hydrogen-bond acceptors (Lipinski definition) is 4. The molecule has 0 aliphatic heterocycles. The number of nitrogens with one attached hydrogen (secondary N) is 2. The fraction of sp³-hybridized carbons (Fsp3) is 0.565. The van der Waals surface area contributed by atoms with E-state index in [0.29, 0.717) is 19.1 Å². The summed E-state index contributed by atoms with van der Waals surface area (Å²) in [7, 11) is 2.16. The molecule has 6 nitrogen and oxygen atoms in total. The number of nitrogens with zero attached hydrogens (tertiary/aromatic N) is 3. The molecule has 0 saturated carbocycles. The molecule has 0 unspecified atom stereocenters. The summed E-state index contributed by atoms with van der Waals surface area (Å²) < 4.78 is 5.47. The van der Waals surface area contributed by atoms with Crippen molar-refractivity contribution in [2.75, 3.05) is 13.6 Å². The second-order valence-corrected chi connectivity index (χ2v) is 7.56. The van der Waals surface area contributed by atoms with Crippen molar-refractivity contribution in [3.63, 3.8) is 0 Å². The van der Waals surface area contributed by atoms with Gasteiger partial charge in [-0.05, 0) is 45.4 Å². The molecule has 0 saturated heterocycles. The maximum atomic E-state index is 5.47. The molecule has 2 N–H and O–H groups in total. The van der Waals surface area contributed by atoms with Gasteiger partial charge in [0.1, 0.15) is 5.76 Å². The largest absolute Gasteiger partial charge is 0.361 e. The first-order valence-corrected chi connectivity index (χ1v) is 10.8. The Kier molecular flexibility index (Phi) is 12.0. The molecule has 1 heterocycles. The van der Waals surface area contributed by atoms with E-state index in [-0.39, 0.29) is 24.0 Å². The van der Waals surface area contributed by atoms with Gasteiger partial charge in [0, 0.05) is 37.7 Å². The number of rotatable bonds is 10. The molecule has 2 rings (SSSR count). The quantitative estimate of drug-likeness (QED) is 0.271. The third-order valence-electron chi connectivity index (χ3n) is 5.21. The molecule has 1 aromatic carbocycles. The lowest BCUT2D eigenvalue weighted by Gasteiger charge is -2.22.